The molecule has 0 saturated carbocycles. The number of hydrogen-bond acceptors (Lipinski definition) is 2. The number of aliphatic carboxylic acids is 2. The molecule has 94 valence electrons. The Morgan fingerprint density at radius 3 is 2.06 bits per heavy atom. The first-order valence-electron chi connectivity index (χ1n) is 5.39. The van der Waals surface area contributed by atoms with Gasteiger partial charge in [0.15, 0.2) is 0 Å². The zero-order chi connectivity index (χ0) is 13.5. The second-order valence-electron chi connectivity index (χ2n) is 3.72. The van der Waals surface area contributed by atoms with E-state index in [2.05, 4.69) is 6.58 Å². The van der Waals surface area contributed by atoms with Crippen molar-refractivity contribution < 1.29 is 19.8 Å². The molecule has 0 bridgehead atoms. The first-order valence-corrected chi connectivity index (χ1v) is 5.39. The Labute approximate surface area is 105 Å². The van der Waals surface area contributed by atoms with Crippen molar-refractivity contribution >= 4 is 11.9 Å². The minimum atomic E-state index is -1.22. The predicted octanol–water partition coefficient (Wildman–Crippen LogP) is 2.27. The summed E-state index contributed by atoms with van der Waals surface area (Å²) in [6.45, 7) is 3.44. The maximum atomic E-state index is 11.2. The van der Waals surface area contributed by atoms with Gasteiger partial charge in [-0.1, -0.05) is 36.4 Å². The molecule has 18 heavy (non-hydrogen) atoms. The summed E-state index contributed by atoms with van der Waals surface area (Å²) in [7, 11) is 0. The molecule has 0 aliphatic rings. The van der Waals surface area contributed by atoms with E-state index in [1.807, 2.05) is 6.07 Å². The Hall–Kier alpha value is -2.36. The summed E-state index contributed by atoms with van der Waals surface area (Å²) in [5, 5.41) is 18.2. The van der Waals surface area contributed by atoms with Crippen LogP contribution in [-0.4, -0.2) is 22.2 Å². The Bertz CT molecular complexity index is 486. The average Bonchev–Trinajstić information content (AvgIpc) is 2.34. The molecule has 4 heteroatoms. The number of carboxylic acid groups (broad SMARTS) is 2. The van der Waals surface area contributed by atoms with Crippen LogP contribution in [0.5, 0.6) is 0 Å². The molecule has 0 radical (unpaired) electrons. The van der Waals surface area contributed by atoms with E-state index in [4.69, 9.17) is 10.2 Å². The number of carbonyl (C=O) groups is 2. The Kier molecular flexibility index (Phi) is 4.87. The number of hydrogen-bond donors (Lipinski definition) is 2. The minimum Gasteiger partial charge on any atom is -0.478 e. The number of rotatable bonds is 6. The summed E-state index contributed by atoms with van der Waals surface area (Å²) in [6.07, 6.45) is 1.51. The van der Waals surface area contributed by atoms with E-state index in [1.54, 1.807) is 24.3 Å². The zero-order valence-corrected chi connectivity index (χ0v) is 9.80. The van der Waals surface area contributed by atoms with Crippen molar-refractivity contribution in [3.63, 3.8) is 0 Å². The Morgan fingerprint density at radius 1 is 1.06 bits per heavy atom. The highest BCUT2D eigenvalue weighted by atomic mass is 16.4. The van der Waals surface area contributed by atoms with E-state index in [0.29, 0.717) is 0 Å². The van der Waals surface area contributed by atoms with E-state index < -0.39 is 11.9 Å². The zero-order valence-electron chi connectivity index (χ0n) is 9.80. The summed E-state index contributed by atoms with van der Waals surface area (Å²) < 4.78 is 0. The standard InChI is InChI=1S/C14H14O4/c1-2-6-11(13(15)16)12(14(17)18)9-10-7-4-3-5-8-10/h2-5,7-8H,1,6,9H2,(H,15,16)(H,17,18)/b12-11+. The fourth-order valence-electron chi connectivity index (χ4n) is 1.60. The lowest BCUT2D eigenvalue weighted by molar-refractivity contribution is -0.136. The van der Waals surface area contributed by atoms with Crippen molar-refractivity contribution in [1.82, 2.24) is 0 Å². The van der Waals surface area contributed by atoms with Crippen molar-refractivity contribution in [3.8, 4) is 0 Å². The van der Waals surface area contributed by atoms with Gasteiger partial charge in [-0.15, -0.1) is 6.58 Å². The van der Waals surface area contributed by atoms with Gasteiger partial charge in [0.25, 0.3) is 0 Å². The quantitative estimate of drug-likeness (QED) is 0.596. The summed E-state index contributed by atoms with van der Waals surface area (Å²) >= 11 is 0. The lowest BCUT2D eigenvalue weighted by Gasteiger charge is -2.07. The highest BCUT2D eigenvalue weighted by Crippen LogP contribution is 2.16. The lowest BCUT2D eigenvalue weighted by atomic mass is 9.98. The Morgan fingerprint density at radius 2 is 1.61 bits per heavy atom. The topological polar surface area (TPSA) is 74.6 Å². The van der Waals surface area contributed by atoms with E-state index in [-0.39, 0.29) is 24.0 Å². The van der Waals surface area contributed by atoms with Crippen LogP contribution < -0.4 is 0 Å². The number of benzene rings is 1. The first-order chi connectivity index (χ1) is 8.56. The van der Waals surface area contributed by atoms with Crippen molar-refractivity contribution in [2.75, 3.05) is 0 Å². The van der Waals surface area contributed by atoms with Crippen molar-refractivity contribution in [2.24, 2.45) is 0 Å². The average molecular weight is 246 g/mol. The van der Waals surface area contributed by atoms with Gasteiger partial charge in [-0.25, -0.2) is 9.59 Å². The van der Waals surface area contributed by atoms with Gasteiger partial charge >= 0.3 is 11.9 Å². The monoisotopic (exact) mass is 246 g/mol. The van der Waals surface area contributed by atoms with E-state index in [9.17, 15) is 9.59 Å². The van der Waals surface area contributed by atoms with Crippen LogP contribution in [0.1, 0.15) is 12.0 Å². The van der Waals surface area contributed by atoms with Crippen LogP contribution in [0.15, 0.2) is 54.1 Å². The third-order valence-electron chi connectivity index (χ3n) is 2.45. The molecule has 0 aromatic heterocycles. The highest BCUT2D eigenvalue weighted by Gasteiger charge is 2.19. The van der Waals surface area contributed by atoms with Crippen LogP contribution in [0.2, 0.25) is 0 Å². The van der Waals surface area contributed by atoms with Crippen LogP contribution in [0.3, 0.4) is 0 Å². The van der Waals surface area contributed by atoms with Gasteiger partial charge in [0, 0.05) is 6.42 Å². The Balaban J connectivity index is 3.15. The summed E-state index contributed by atoms with van der Waals surface area (Å²) in [5.41, 5.74) is 0.535. The van der Waals surface area contributed by atoms with Gasteiger partial charge in [-0.3, -0.25) is 0 Å². The molecular formula is C14H14O4. The molecule has 1 aromatic rings. The fourth-order valence-corrected chi connectivity index (χ4v) is 1.60. The van der Waals surface area contributed by atoms with Gasteiger partial charge in [0.05, 0.1) is 11.1 Å². The molecule has 0 amide bonds. The summed E-state index contributed by atoms with van der Waals surface area (Å²) in [5.74, 6) is -2.43. The van der Waals surface area contributed by atoms with E-state index in [1.165, 1.54) is 6.08 Å². The second kappa shape index (κ2) is 6.39. The summed E-state index contributed by atoms with van der Waals surface area (Å²) in [6, 6.07) is 8.90. The minimum absolute atomic E-state index is 0.0315. The fraction of sp³-hybridized carbons (Fsp3) is 0.143. The van der Waals surface area contributed by atoms with E-state index in [0.717, 1.165) is 5.56 Å². The van der Waals surface area contributed by atoms with E-state index >= 15 is 0 Å². The SMILES string of the molecule is C=CC/C(C(=O)O)=C(/Cc1ccccc1)C(=O)O. The van der Waals surface area contributed by atoms with Crippen molar-refractivity contribution in [2.45, 2.75) is 12.8 Å². The number of carboxylic acids is 2. The van der Waals surface area contributed by atoms with Gasteiger partial charge in [-0.05, 0) is 12.0 Å². The molecular weight excluding hydrogens is 232 g/mol. The lowest BCUT2D eigenvalue weighted by Crippen LogP contribution is -2.13. The normalized spacial score (nSPS) is 11.6. The molecule has 4 nitrogen and oxygen atoms in total. The second-order valence-corrected chi connectivity index (χ2v) is 3.72. The van der Waals surface area contributed by atoms with Gasteiger partial charge < -0.3 is 10.2 Å². The molecule has 2 N–H and O–H groups in total. The molecule has 0 aliphatic heterocycles. The van der Waals surface area contributed by atoms with Crippen molar-refractivity contribution in [3.05, 3.63) is 59.7 Å². The largest absolute Gasteiger partial charge is 0.478 e. The molecule has 0 aliphatic carbocycles. The molecule has 0 fully saturated rings. The van der Waals surface area contributed by atoms with Gasteiger partial charge in [0.2, 0.25) is 0 Å². The van der Waals surface area contributed by atoms with Crippen LogP contribution >= 0.6 is 0 Å². The van der Waals surface area contributed by atoms with Gasteiger partial charge in [0.1, 0.15) is 0 Å². The molecule has 1 aromatic carbocycles. The molecule has 0 atom stereocenters. The smallest absolute Gasteiger partial charge is 0.332 e. The summed E-state index contributed by atoms with van der Waals surface area (Å²) in [4.78, 5) is 22.2. The van der Waals surface area contributed by atoms with Crippen molar-refractivity contribution in [1.29, 1.82) is 0 Å². The molecule has 0 unspecified atom stereocenters. The van der Waals surface area contributed by atoms with Crippen LogP contribution in [0, 0.1) is 0 Å². The third-order valence-corrected chi connectivity index (χ3v) is 2.45. The number of allylic oxidation sites excluding steroid dienone is 1. The maximum Gasteiger partial charge on any atom is 0.332 e. The van der Waals surface area contributed by atoms with Crippen LogP contribution in [-0.2, 0) is 16.0 Å². The molecule has 0 heterocycles. The van der Waals surface area contributed by atoms with Crippen LogP contribution in [0.25, 0.3) is 0 Å². The molecule has 0 spiro atoms. The molecule has 1 rings (SSSR count). The predicted molar refractivity (Wildman–Crippen MR) is 67.3 cm³/mol. The first kappa shape index (κ1) is 13.7. The van der Waals surface area contributed by atoms with Gasteiger partial charge in [-0.2, -0.15) is 0 Å². The highest BCUT2D eigenvalue weighted by molar-refractivity contribution is 5.99. The van der Waals surface area contributed by atoms with Crippen LogP contribution in [0.4, 0.5) is 0 Å². The maximum absolute atomic E-state index is 11.2. The third kappa shape index (κ3) is 3.59. The molecule has 0 saturated heterocycles.